The Balaban J connectivity index is 2.05. The molecule has 0 radical (unpaired) electrons. The highest BCUT2D eigenvalue weighted by atomic mass is 32.1. The summed E-state index contributed by atoms with van der Waals surface area (Å²) < 4.78 is 0. The third kappa shape index (κ3) is 3.34. The van der Waals surface area contributed by atoms with Crippen molar-refractivity contribution in [3.63, 3.8) is 0 Å². The molecule has 2 N–H and O–H groups in total. The van der Waals surface area contributed by atoms with E-state index in [1.165, 1.54) is 4.88 Å². The van der Waals surface area contributed by atoms with Gasteiger partial charge in [-0.05, 0) is 47.1 Å². The van der Waals surface area contributed by atoms with Crippen LogP contribution in [0, 0.1) is 19.8 Å². The molecule has 0 saturated carbocycles. The van der Waals surface area contributed by atoms with E-state index in [0.717, 1.165) is 36.6 Å². The Hall–Kier alpha value is -0.940. The first-order valence-corrected chi connectivity index (χ1v) is 7.69. The van der Waals surface area contributed by atoms with Crippen molar-refractivity contribution in [2.24, 2.45) is 5.92 Å². The third-order valence-electron chi connectivity index (χ3n) is 3.67. The van der Waals surface area contributed by atoms with E-state index < -0.39 is 5.54 Å². The van der Waals surface area contributed by atoms with Gasteiger partial charge in [0, 0.05) is 11.4 Å². The van der Waals surface area contributed by atoms with Gasteiger partial charge in [0.05, 0.1) is 17.2 Å². The van der Waals surface area contributed by atoms with Crippen LogP contribution in [0.5, 0.6) is 0 Å². The third-order valence-corrected chi connectivity index (χ3v) is 5.06. The lowest BCUT2D eigenvalue weighted by Crippen LogP contribution is -2.47. The van der Waals surface area contributed by atoms with Crippen LogP contribution in [0.3, 0.4) is 0 Å². The molecular weight excluding hydrogens is 258 g/mol. The van der Waals surface area contributed by atoms with Crippen molar-refractivity contribution in [3.05, 3.63) is 15.6 Å². The van der Waals surface area contributed by atoms with E-state index in [4.69, 9.17) is 0 Å². The molecule has 1 unspecified atom stereocenters. The van der Waals surface area contributed by atoms with Crippen molar-refractivity contribution in [1.29, 1.82) is 0 Å². The number of hydrogen-bond acceptors (Lipinski definition) is 4. The molecule has 19 heavy (non-hydrogen) atoms. The summed E-state index contributed by atoms with van der Waals surface area (Å²) in [6.45, 7) is 9.95. The van der Waals surface area contributed by atoms with Crippen molar-refractivity contribution in [1.82, 2.24) is 15.6 Å². The summed E-state index contributed by atoms with van der Waals surface area (Å²) in [5, 5.41) is 7.42. The van der Waals surface area contributed by atoms with Crippen LogP contribution in [0.25, 0.3) is 0 Å². The van der Waals surface area contributed by atoms with Crippen molar-refractivity contribution in [3.8, 4) is 0 Å². The molecule has 1 fully saturated rings. The Morgan fingerprint density at radius 3 is 2.74 bits per heavy atom. The summed E-state index contributed by atoms with van der Waals surface area (Å²) in [6.07, 6.45) is 2.05. The second-order valence-corrected chi connectivity index (χ2v) is 7.02. The molecule has 106 valence electrons. The number of rotatable bonds is 3. The van der Waals surface area contributed by atoms with Crippen molar-refractivity contribution in [2.75, 3.05) is 13.1 Å². The molecule has 2 heterocycles. The van der Waals surface area contributed by atoms with E-state index in [0.29, 0.717) is 0 Å². The minimum Gasteiger partial charge on any atom is -0.344 e. The fourth-order valence-corrected chi connectivity index (χ4v) is 3.25. The predicted octanol–water partition coefficient (Wildman–Crippen LogP) is 2.11. The molecule has 2 rings (SSSR count). The Bertz CT molecular complexity index is 442. The smallest absolute Gasteiger partial charge is 0.225 e. The largest absolute Gasteiger partial charge is 0.344 e. The fraction of sp³-hybridized carbons (Fsp3) is 0.714. The van der Waals surface area contributed by atoms with Crippen LogP contribution in [-0.2, 0) is 10.3 Å². The summed E-state index contributed by atoms with van der Waals surface area (Å²) >= 11 is 1.67. The van der Waals surface area contributed by atoms with E-state index >= 15 is 0 Å². The van der Waals surface area contributed by atoms with Gasteiger partial charge < -0.3 is 10.6 Å². The normalized spacial score (nSPS) is 20.3. The highest BCUT2D eigenvalue weighted by molar-refractivity contribution is 7.11. The van der Waals surface area contributed by atoms with Gasteiger partial charge in [0.25, 0.3) is 0 Å². The van der Waals surface area contributed by atoms with Gasteiger partial charge in [-0.15, -0.1) is 11.3 Å². The van der Waals surface area contributed by atoms with Gasteiger partial charge in [-0.2, -0.15) is 0 Å². The maximum absolute atomic E-state index is 12.3. The SMILES string of the molecule is Cc1nc(C(C)(C)NC(=O)C2CCCNC2)sc1C. The van der Waals surface area contributed by atoms with E-state index in [1.807, 2.05) is 20.8 Å². The number of aromatic nitrogens is 1. The maximum atomic E-state index is 12.3. The van der Waals surface area contributed by atoms with E-state index in [2.05, 4.69) is 22.5 Å². The van der Waals surface area contributed by atoms with Crippen molar-refractivity contribution < 1.29 is 4.79 Å². The summed E-state index contributed by atoms with van der Waals surface area (Å²) in [7, 11) is 0. The van der Waals surface area contributed by atoms with Crippen LogP contribution in [0.4, 0.5) is 0 Å². The Kier molecular flexibility index (Phi) is 4.26. The zero-order valence-corrected chi connectivity index (χ0v) is 13.0. The van der Waals surface area contributed by atoms with Gasteiger partial charge >= 0.3 is 0 Å². The quantitative estimate of drug-likeness (QED) is 0.892. The topological polar surface area (TPSA) is 54.0 Å². The number of hydrogen-bond donors (Lipinski definition) is 2. The fourth-order valence-electron chi connectivity index (χ4n) is 2.28. The number of nitrogens with one attached hydrogen (secondary N) is 2. The van der Waals surface area contributed by atoms with Gasteiger partial charge in [-0.3, -0.25) is 4.79 Å². The number of amides is 1. The van der Waals surface area contributed by atoms with Gasteiger partial charge in [-0.25, -0.2) is 4.98 Å². The molecular formula is C14H23N3OS. The Morgan fingerprint density at radius 2 is 2.21 bits per heavy atom. The van der Waals surface area contributed by atoms with Crippen LogP contribution in [-0.4, -0.2) is 24.0 Å². The molecule has 5 heteroatoms. The van der Waals surface area contributed by atoms with Gasteiger partial charge in [0.2, 0.25) is 5.91 Å². The highest BCUT2D eigenvalue weighted by Gasteiger charge is 2.30. The standard InChI is InChI=1S/C14H23N3OS/c1-9-10(2)19-13(16-9)14(3,4)17-12(18)11-6-5-7-15-8-11/h11,15H,5-8H2,1-4H3,(H,17,18). The van der Waals surface area contributed by atoms with Crippen LogP contribution in [0.2, 0.25) is 0 Å². The molecule has 1 aromatic heterocycles. The first kappa shape index (κ1) is 14.5. The molecule has 1 amide bonds. The molecule has 0 aliphatic carbocycles. The molecule has 0 aromatic carbocycles. The predicted molar refractivity (Wildman–Crippen MR) is 78.4 cm³/mol. The second-order valence-electron chi connectivity index (χ2n) is 5.82. The molecule has 4 nitrogen and oxygen atoms in total. The molecule has 1 aromatic rings. The minimum absolute atomic E-state index is 0.0928. The average Bonchev–Trinajstić information content (AvgIpc) is 2.71. The first-order valence-electron chi connectivity index (χ1n) is 6.87. The van der Waals surface area contributed by atoms with Crippen molar-refractivity contribution in [2.45, 2.75) is 46.1 Å². The molecule has 0 spiro atoms. The Morgan fingerprint density at radius 1 is 1.47 bits per heavy atom. The summed E-state index contributed by atoms with van der Waals surface area (Å²) in [6, 6.07) is 0. The number of aryl methyl sites for hydroxylation is 2. The first-order chi connectivity index (χ1) is 8.90. The number of nitrogens with zero attached hydrogens (tertiary/aromatic N) is 1. The Labute approximate surface area is 119 Å². The number of piperidine rings is 1. The summed E-state index contributed by atoms with van der Waals surface area (Å²) in [5.41, 5.74) is 0.666. The number of thiazole rings is 1. The zero-order chi connectivity index (χ0) is 14.0. The highest BCUT2D eigenvalue weighted by Crippen LogP contribution is 2.27. The lowest BCUT2D eigenvalue weighted by atomic mass is 9.97. The molecule has 1 atom stereocenters. The van der Waals surface area contributed by atoms with E-state index in [1.54, 1.807) is 11.3 Å². The molecule has 1 saturated heterocycles. The monoisotopic (exact) mass is 281 g/mol. The lowest BCUT2D eigenvalue weighted by Gasteiger charge is -2.29. The van der Waals surface area contributed by atoms with Crippen LogP contribution < -0.4 is 10.6 Å². The number of carbonyl (C=O) groups excluding carboxylic acids is 1. The van der Waals surface area contributed by atoms with Gasteiger partial charge in [0.15, 0.2) is 0 Å². The average molecular weight is 281 g/mol. The summed E-state index contributed by atoms with van der Waals surface area (Å²) in [4.78, 5) is 18.1. The van der Waals surface area contributed by atoms with Gasteiger partial charge in [-0.1, -0.05) is 0 Å². The number of carbonyl (C=O) groups is 1. The molecule has 1 aliphatic heterocycles. The lowest BCUT2D eigenvalue weighted by molar-refractivity contribution is -0.127. The summed E-state index contributed by atoms with van der Waals surface area (Å²) in [5.74, 6) is 0.234. The van der Waals surface area contributed by atoms with Gasteiger partial charge in [0.1, 0.15) is 5.01 Å². The van der Waals surface area contributed by atoms with Crippen LogP contribution in [0.15, 0.2) is 0 Å². The molecule has 0 bridgehead atoms. The van der Waals surface area contributed by atoms with Crippen molar-refractivity contribution >= 4 is 17.2 Å². The van der Waals surface area contributed by atoms with E-state index in [-0.39, 0.29) is 11.8 Å². The van der Waals surface area contributed by atoms with E-state index in [9.17, 15) is 4.79 Å². The molecule has 1 aliphatic rings. The second kappa shape index (κ2) is 5.59. The van der Waals surface area contributed by atoms with Crippen LogP contribution >= 0.6 is 11.3 Å². The minimum atomic E-state index is -0.391. The maximum Gasteiger partial charge on any atom is 0.225 e. The zero-order valence-electron chi connectivity index (χ0n) is 12.2. The van der Waals surface area contributed by atoms with Crippen LogP contribution in [0.1, 0.15) is 42.3 Å².